The van der Waals surface area contributed by atoms with Crippen LogP contribution in [0.25, 0.3) is 5.69 Å². The molecule has 6 nitrogen and oxygen atoms in total. The van der Waals surface area contributed by atoms with Gasteiger partial charge in [-0.25, -0.2) is 4.79 Å². The number of anilines is 1. The summed E-state index contributed by atoms with van der Waals surface area (Å²) in [6.07, 6.45) is 5.06. The van der Waals surface area contributed by atoms with Gasteiger partial charge in [-0.2, -0.15) is 5.10 Å². The maximum Gasteiger partial charge on any atom is 0.330 e. The number of hydrogen-bond donors (Lipinski definition) is 3. The van der Waals surface area contributed by atoms with Crippen molar-refractivity contribution in [1.82, 2.24) is 19.7 Å². The Hall–Kier alpha value is -2.76. The van der Waals surface area contributed by atoms with Gasteiger partial charge in [0.05, 0.1) is 17.4 Å². The molecule has 2 aromatic heterocycles. The number of benzene rings is 1. The van der Waals surface area contributed by atoms with Crippen LogP contribution >= 0.6 is 0 Å². The lowest BCUT2D eigenvalue weighted by molar-refractivity contribution is 0.825. The summed E-state index contributed by atoms with van der Waals surface area (Å²) >= 11 is 0. The number of H-pyrrole nitrogens is 2. The molecule has 0 aliphatic carbocycles. The second kappa shape index (κ2) is 5.08. The number of aromatic nitrogens is 4. The highest BCUT2D eigenvalue weighted by atomic mass is 16.1. The monoisotopic (exact) mass is 269 g/mol. The second-order valence-electron chi connectivity index (χ2n) is 4.56. The normalized spacial score (nSPS) is 12.2. The molecule has 0 radical (unpaired) electrons. The van der Waals surface area contributed by atoms with Crippen molar-refractivity contribution in [3.05, 3.63) is 65.1 Å². The van der Waals surface area contributed by atoms with Crippen LogP contribution in [-0.2, 0) is 0 Å². The number of aromatic amines is 2. The first-order valence-electron chi connectivity index (χ1n) is 6.36. The molecule has 0 aliphatic rings. The minimum Gasteiger partial charge on any atom is -0.377 e. The Morgan fingerprint density at radius 3 is 2.65 bits per heavy atom. The molecule has 3 aromatic rings. The average Bonchev–Trinajstić information content (AvgIpc) is 3.11. The van der Waals surface area contributed by atoms with Crippen LogP contribution in [0.5, 0.6) is 0 Å². The van der Waals surface area contributed by atoms with E-state index in [-0.39, 0.29) is 11.7 Å². The van der Waals surface area contributed by atoms with E-state index in [1.165, 1.54) is 0 Å². The van der Waals surface area contributed by atoms with Crippen molar-refractivity contribution in [2.24, 2.45) is 0 Å². The zero-order chi connectivity index (χ0) is 13.9. The van der Waals surface area contributed by atoms with Crippen molar-refractivity contribution in [3.63, 3.8) is 0 Å². The van der Waals surface area contributed by atoms with Crippen LogP contribution in [0, 0.1) is 0 Å². The molecule has 0 bridgehead atoms. The summed E-state index contributed by atoms with van der Waals surface area (Å²) in [5.41, 5.74) is 2.70. The van der Waals surface area contributed by atoms with E-state index in [4.69, 9.17) is 0 Å². The molecular formula is C14H15N5O. The molecule has 1 unspecified atom stereocenters. The molecule has 3 N–H and O–H groups in total. The van der Waals surface area contributed by atoms with E-state index in [1.54, 1.807) is 23.2 Å². The third-order valence-corrected chi connectivity index (χ3v) is 3.17. The topological polar surface area (TPSA) is 78.5 Å². The van der Waals surface area contributed by atoms with Crippen LogP contribution in [0.15, 0.2) is 53.7 Å². The summed E-state index contributed by atoms with van der Waals surface area (Å²) in [6.45, 7) is 2.05. The van der Waals surface area contributed by atoms with Gasteiger partial charge in [0.1, 0.15) is 0 Å². The highest BCUT2D eigenvalue weighted by Gasteiger charge is 2.06. The van der Waals surface area contributed by atoms with Gasteiger partial charge in [0, 0.05) is 24.3 Å². The van der Waals surface area contributed by atoms with Gasteiger partial charge < -0.3 is 10.3 Å². The predicted molar refractivity (Wildman–Crippen MR) is 77.0 cm³/mol. The van der Waals surface area contributed by atoms with Crippen molar-refractivity contribution in [1.29, 1.82) is 0 Å². The van der Waals surface area contributed by atoms with E-state index in [0.717, 1.165) is 17.1 Å². The Balaban J connectivity index is 1.77. The van der Waals surface area contributed by atoms with E-state index in [0.29, 0.717) is 0 Å². The molecule has 3 rings (SSSR count). The standard InChI is InChI=1S/C14H15N5O/c1-10(13-6-7-16-18-13)17-11-2-4-12(5-3-11)19-9-8-15-14(19)20/h2-10,17H,1H3,(H,15,20)(H,16,18). The van der Waals surface area contributed by atoms with Gasteiger partial charge >= 0.3 is 5.69 Å². The second-order valence-corrected chi connectivity index (χ2v) is 4.56. The van der Waals surface area contributed by atoms with Gasteiger partial charge in [0.25, 0.3) is 0 Å². The smallest absolute Gasteiger partial charge is 0.330 e. The Morgan fingerprint density at radius 1 is 1.25 bits per heavy atom. The van der Waals surface area contributed by atoms with Gasteiger partial charge in [-0.05, 0) is 37.3 Å². The molecule has 0 saturated carbocycles. The van der Waals surface area contributed by atoms with Crippen molar-refractivity contribution in [2.75, 3.05) is 5.32 Å². The van der Waals surface area contributed by atoms with Crippen molar-refractivity contribution < 1.29 is 0 Å². The van der Waals surface area contributed by atoms with Crippen molar-refractivity contribution in [2.45, 2.75) is 13.0 Å². The first-order valence-corrected chi connectivity index (χ1v) is 6.36. The molecule has 20 heavy (non-hydrogen) atoms. The molecule has 1 aromatic carbocycles. The number of nitrogens with zero attached hydrogens (tertiary/aromatic N) is 2. The fraction of sp³-hybridized carbons (Fsp3) is 0.143. The Labute approximate surface area is 115 Å². The minimum absolute atomic E-state index is 0.137. The molecule has 0 fully saturated rings. The van der Waals surface area contributed by atoms with Gasteiger partial charge in [-0.3, -0.25) is 9.67 Å². The van der Waals surface area contributed by atoms with Gasteiger partial charge in [0.15, 0.2) is 0 Å². The van der Waals surface area contributed by atoms with Crippen LogP contribution in [0.1, 0.15) is 18.7 Å². The number of imidazole rings is 1. The predicted octanol–water partition coefficient (Wildman–Crippen LogP) is 2.06. The maximum absolute atomic E-state index is 11.5. The van der Waals surface area contributed by atoms with E-state index in [9.17, 15) is 4.79 Å². The van der Waals surface area contributed by atoms with Crippen LogP contribution in [0.4, 0.5) is 5.69 Å². The first kappa shape index (κ1) is 12.3. The molecule has 102 valence electrons. The summed E-state index contributed by atoms with van der Waals surface area (Å²) in [6, 6.07) is 9.77. The van der Waals surface area contributed by atoms with Crippen LogP contribution in [0.2, 0.25) is 0 Å². The van der Waals surface area contributed by atoms with E-state index >= 15 is 0 Å². The Bertz CT molecular complexity index is 724. The van der Waals surface area contributed by atoms with E-state index in [1.807, 2.05) is 30.3 Å². The van der Waals surface area contributed by atoms with Gasteiger partial charge in [-0.15, -0.1) is 0 Å². The summed E-state index contributed by atoms with van der Waals surface area (Å²) in [5, 5.41) is 10.2. The highest BCUT2D eigenvalue weighted by molar-refractivity contribution is 5.49. The minimum atomic E-state index is -0.142. The Kier molecular flexibility index (Phi) is 3.12. The molecule has 0 aliphatic heterocycles. The summed E-state index contributed by atoms with van der Waals surface area (Å²) < 4.78 is 1.56. The van der Waals surface area contributed by atoms with E-state index in [2.05, 4.69) is 27.4 Å². The third kappa shape index (κ3) is 2.35. The average molecular weight is 269 g/mol. The van der Waals surface area contributed by atoms with Crippen molar-refractivity contribution in [3.8, 4) is 5.69 Å². The van der Waals surface area contributed by atoms with Crippen LogP contribution in [-0.4, -0.2) is 19.7 Å². The fourth-order valence-corrected chi connectivity index (χ4v) is 2.08. The lowest BCUT2D eigenvalue weighted by Crippen LogP contribution is -2.14. The molecule has 0 spiro atoms. The summed E-state index contributed by atoms with van der Waals surface area (Å²) in [4.78, 5) is 14.1. The molecule has 1 atom stereocenters. The number of nitrogens with one attached hydrogen (secondary N) is 3. The van der Waals surface area contributed by atoms with Crippen LogP contribution in [0.3, 0.4) is 0 Å². The van der Waals surface area contributed by atoms with Gasteiger partial charge in [-0.1, -0.05) is 0 Å². The highest BCUT2D eigenvalue weighted by Crippen LogP contribution is 2.18. The molecule has 0 amide bonds. The maximum atomic E-state index is 11.5. The summed E-state index contributed by atoms with van der Waals surface area (Å²) in [5.74, 6) is 0. The van der Waals surface area contributed by atoms with Gasteiger partial charge in [0.2, 0.25) is 0 Å². The lowest BCUT2D eigenvalue weighted by Gasteiger charge is -2.13. The quantitative estimate of drug-likeness (QED) is 0.678. The van der Waals surface area contributed by atoms with E-state index < -0.39 is 0 Å². The zero-order valence-electron chi connectivity index (χ0n) is 11.0. The third-order valence-electron chi connectivity index (χ3n) is 3.17. The first-order chi connectivity index (χ1) is 9.74. The zero-order valence-corrected chi connectivity index (χ0v) is 11.0. The number of hydrogen-bond acceptors (Lipinski definition) is 3. The summed E-state index contributed by atoms with van der Waals surface area (Å²) in [7, 11) is 0. The molecule has 0 saturated heterocycles. The Morgan fingerprint density at radius 2 is 2.05 bits per heavy atom. The lowest BCUT2D eigenvalue weighted by atomic mass is 10.2. The fourth-order valence-electron chi connectivity index (χ4n) is 2.08. The number of rotatable bonds is 4. The van der Waals surface area contributed by atoms with Crippen molar-refractivity contribution >= 4 is 5.69 Å². The molecular weight excluding hydrogens is 254 g/mol. The molecule has 2 heterocycles. The SMILES string of the molecule is CC(Nc1ccc(-n2cc[nH]c2=O)cc1)c1ccn[nH]1. The van der Waals surface area contributed by atoms with Crippen LogP contribution < -0.4 is 11.0 Å². The largest absolute Gasteiger partial charge is 0.377 e. The molecule has 6 heteroatoms.